The molecule has 1 fully saturated rings. The number of rotatable bonds is 7. The summed E-state index contributed by atoms with van der Waals surface area (Å²) in [6.07, 6.45) is 2.55. The van der Waals surface area contributed by atoms with Crippen LogP contribution in [0, 0.1) is 0 Å². The molecule has 0 aromatic heterocycles. The summed E-state index contributed by atoms with van der Waals surface area (Å²) in [6.45, 7) is 1.07. The van der Waals surface area contributed by atoms with Crippen LogP contribution < -0.4 is 14.8 Å². The van der Waals surface area contributed by atoms with Crippen LogP contribution in [0.2, 0.25) is 5.02 Å². The van der Waals surface area contributed by atoms with Gasteiger partial charge in [0.25, 0.3) is 5.91 Å². The van der Waals surface area contributed by atoms with E-state index in [0.717, 1.165) is 17.7 Å². The van der Waals surface area contributed by atoms with E-state index >= 15 is 0 Å². The Balaban J connectivity index is 1.43. The van der Waals surface area contributed by atoms with Gasteiger partial charge in [0.1, 0.15) is 15.8 Å². The van der Waals surface area contributed by atoms with Crippen LogP contribution in [0.1, 0.15) is 12.0 Å². The molecule has 7 heteroatoms. The van der Waals surface area contributed by atoms with Crippen molar-refractivity contribution >= 4 is 51.9 Å². The Morgan fingerprint density at radius 3 is 2.50 bits per heavy atom. The predicted molar refractivity (Wildman–Crippen MR) is 110 cm³/mol. The van der Waals surface area contributed by atoms with Crippen molar-refractivity contribution in [2.45, 2.75) is 6.42 Å². The molecule has 4 nitrogen and oxygen atoms in total. The van der Waals surface area contributed by atoms with Gasteiger partial charge >= 0.3 is 0 Å². The van der Waals surface area contributed by atoms with Crippen LogP contribution in [-0.2, 0) is 4.79 Å². The summed E-state index contributed by atoms with van der Waals surface area (Å²) < 4.78 is 11.8. The molecule has 1 aliphatic rings. The number of nitrogens with one attached hydrogen (secondary N) is 1. The Bertz CT molecular complexity index is 837. The summed E-state index contributed by atoms with van der Waals surface area (Å²) in [5.41, 5.74) is 0.918. The minimum atomic E-state index is -0.154. The molecule has 0 saturated carbocycles. The Kier molecular flexibility index (Phi) is 6.55. The third kappa shape index (κ3) is 5.24. The Morgan fingerprint density at radius 2 is 1.81 bits per heavy atom. The highest BCUT2D eigenvalue weighted by molar-refractivity contribution is 8.26. The second-order valence-electron chi connectivity index (χ2n) is 5.40. The van der Waals surface area contributed by atoms with Crippen molar-refractivity contribution in [3.63, 3.8) is 0 Å². The molecular weight excluding hydrogens is 390 g/mol. The van der Waals surface area contributed by atoms with Crippen molar-refractivity contribution in [2.75, 3.05) is 13.2 Å². The van der Waals surface area contributed by atoms with Gasteiger partial charge in [-0.2, -0.15) is 0 Å². The number of para-hydroxylation sites is 1. The first-order chi connectivity index (χ1) is 12.6. The lowest BCUT2D eigenvalue weighted by atomic mass is 10.2. The number of amides is 1. The van der Waals surface area contributed by atoms with E-state index in [1.807, 2.05) is 42.5 Å². The zero-order valence-electron chi connectivity index (χ0n) is 13.7. The molecule has 1 aliphatic heterocycles. The second-order valence-corrected chi connectivity index (χ2v) is 7.53. The third-order valence-corrected chi connectivity index (χ3v) is 4.95. The largest absolute Gasteiger partial charge is 0.493 e. The Hall–Kier alpha value is -2.02. The SMILES string of the molecule is O=C1NC(=S)S/C1=C/c1ccc(OCCCOc2ccccc2Cl)cc1. The van der Waals surface area contributed by atoms with Crippen LogP contribution in [0.15, 0.2) is 53.4 Å². The number of halogens is 1. The van der Waals surface area contributed by atoms with Gasteiger partial charge in [-0.3, -0.25) is 4.79 Å². The maximum atomic E-state index is 11.6. The molecule has 0 unspecified atom stereocenters. The van der Waals surface area contributed by atoms with Crippen LogP contribution >= 0.6 is 35.6 Å². The van der Waals surface area contributed by atoms with Gasteiger partial charge in [-0.05, 0) is 35.9 Å². The molecule has 0 aliphatic carbocycles. The fourth-order valence-electron chi connectivity index (χ4n) is 2.23. The van der Waals surface area contributed by atoms with Gasteiger partial charge in [-0.1, -0.05) is 59.8 Å². The number of carbonyl (C=O) groups is 1. The fraction of sp³-hybridized carbons (Fsp3) is 0.158. The average Bonchev–Trinajstić information content (AvgIpc) is 2.95. The lowest BCUT2D eigenvalue weighted by Crippen LogP contribution is -2.17. The molecule has 1 heterocycles. The van der Waals surface area contributed by atoms with E-state index in [1.54, 1.807) is 12.1 Å². The van der Waals surface area contributed by atoms with E-state index in [1.165, 1.54) is 11.8 Å². The molecule has 0 atom stereocenters. The molecule has 0 bridgehead atoms. The lowest BCUT2D eigenvalue weighted by molar-refractivity contribution is -0.115. The quantitative estimate of drug-likeness (QED) is 0.412. The molecule has 0 radical (unpaired) electrons. The van der Waals surface area contributed by atoms with E-state index in [9.17, 15) is 4.79 Å². The maximum Gasteiger partial charge on any atom is 0.263 e. The number of hydrogen-bond donors (Lipinski definition) is 1. The second kappa shape index (κ2) is 9.07. The molecule has 1 amide bonds. The zero-order chi connectivity index (χ0) is 18.4. The van der Waals surface area contributed by atoms with E-state index in [2.05, 4.69) is 5.32 Å². The van der Waals surface area contributed by atoms with Crippen molar-refractivity contribution in [3.05, 3.63) is 64.0 Å². The predicted octanol–water partition coefficient (Wildman–Crippen LogP) is 4.68. The van der Waals surface area contributed by atoms with E-state index in [-0.39, 0.29) is 5.91 Å². The van der Waals surface area contributed by atoms with Gasteiger partial charge in [0.05, 0.1) is 23.1 Å². The van der Waals surface area contributed by atoms with Crippen molar-refractivity contribution in [2.24, 2.45) is 0 Å². The molecule has 1 saturated heterocycles. The van der Waals surface area contributed by atoms with E-state index < -0.39 is 0 Å². The smallest absolute Gasteiger partial charge is 0.263 e. The molecule has 134 valence electrons. The summed E-state index contributed by atoms with van der Waals surface area (Å²) >= 11 is 12.3. The van der Waals surface area contributed by atoms with Crippen molar-refractivity contribution < 1.29 is 14.3 Å². The number of thioether (sulfide) groups is 1. The van der Waals surface area contributed by atoms with Gasteiger partial charge in [0.2, 0.25) is 0 Å². The number of hydrogen-bond acceptors (Lipinski definition) is 5. The highest BCUT2D eigenvalue weighted by atomic mass is 35.5. The van der Waals surface area contributed by atoms with Crippen molar-refractivity contribution in [1.82, 2.24) is 5.32 Å². The average molecular weight is 406 g/mol. The number of thiocarbonyl (C=S) groups is 1. The maximum absolute atomic E-state index is 11.6. The summed E-state index contributed by atoms with van der Waals surface area (Å²) in [4.78, 5) is 12.2. The molecule has 2 aromatic carbocycles. The molecule has 2 aromatic rings. The first-order valence-electron chi connectivity index (χ1n) is 7.97. The van der Waals surface area contributed by atoms with E-state index in [0.29, 0.717) is 33.2 Å². The highest BCUT2D eigenvalue weighted by Crippen LogP contribution is 2.26. The monoisotopic (exact) mass is 405 g/mol. The summed E-state index contributed by atoms with van der Waals surface area (Å²) in [6, 6.07) is 14.9. The lowest BCUT2D eigenvalue weighted by Gasteiger charge is -2.09. The molecular formula is C19H16ClNO3S2. The third-order valence-electron chi connectivity index (χ3n) is 3.47. The first-order valence-corrected chi connectivity index (χ1v) is 9.57. The number of benzene rings is 2. The number of ether oxygens (including phenoxy) is 2. The summed E-state index contributed by atoms with van der Waals surface area (Å²) in [5, 5.41) is 3.20. The minimum absolute atomic E-state index is 0.154. The van der Waals surface area contributed by atoms with Crippen LogP contribution in [0.5, 0.6) is 11.5 Å². The fourth-order valence-corrected chi connectivity index (χ4v) is 3.46. The molecule has 0 spiro atoms. The van der Waals surface area contributed by atoms with Gasteiger partial charge in [-0.15, -0.1) is 0 Å². The minimum Gasteiger partial charge on any atom is -0.493 e. The standard InChI is InChI=1S/C19H16ClNO3S2/c20-15-4-1-2-5-16(15)24-11-3-10-23-14-8-6-13(7-9-14)12-17-18(22)21-19(25)26-17/h1-2,4-9,12H,3,10-11H2,(H,21,22,25)/b17-12+. The van der Waals surface area contributed by atoms with Crippen LogP contribution in [0.3, 0.4) is 0 Å². The first kappa shape index (κ1) is 18.8. The van der Waals surface area contributed by atoms with Gasteiger partial charge < -0.3 is 14.8 Å². The van der Waals surface area contributed by atoms with Gasteiger partial charge in [0, 0.05) is 6.42 Å². The van der Waals surface area contributed by atoms with Crippen LogP contribution in [0.25, 0.3) is 6.08 Å². The van der Waals surface area contributed by atoms with Gasteiger partial charge in [-0.25, -0.2) is 0 Å². The van der Waals surface area contributed by atoms with Crippen molar-refractivity contribution in [3.8, 4) is 11.5 Å². The highest BCUT2D eigenvalue weighted by Gasteiger charge is 2.21. The van der Waals surface area contributed by atoms with E-state index in [4.69, 9.17) is 33.3 Å². The van der Waals surface area contributed by atoms with Crippen molar-refractivity contribution in [1.29, 1.82) is 0 Å². The number of carbonyl (C=O) groups excluding carboxylic acids is 1. The van der Waals surface area contributed by atoms with Gasteiger partial charge in [0.15, 0.2) is 0 Å². The zero-order valence-corrected chi connectivity index (χ0v) is 16.1. The molecule has 3 rings (SSSR count). The normalized spacial score (nSPS) is 15.2. The Morgan fingerprint density at radius 1 is 1.08 bits per heavy atom. The molecule has 1 N–H and O–H groups in total. The topological polar surface area (TPSA) is 47.6 Å². The summed E-state index contributed by atoms with van der Waals surface area (Å²) in [7, 11) is 0. The van der Waals surface area contributed by atoms with Crippen LogP contribution in [0.4, 0.5) is 0 Å². The Labute approximate surface area is 166 Å². The van der Waals surface area contributed by atoms with Crippen LogP contribution in [-0.4, -0.2) is 23.4 Å². The summed E-state index contributed by atoms with van der Waals surface area (Å²) in [5.74, 6) is 1.29. The molecule has 26 heavy (non-hydrogen) atoms.